The fourth-order valence-electron chi connectivity index (χ4n) is 3.33. The van der Waals surface area contributed by atoms with Gasteiger partial charge in [0.1, 0.15) is 5.75 Å². The van der Waals surface area contributed by atoms with Gasteiger partial charge in [-0.1, -0.05) is 12.1 Å². The van der Waals surface area contributed by atoms with Crippen molar-refractivity contribution in [2.24, 2.45) is 0 Å². The van der Waals surface area contributed by atoms with Crippen LogP contribution < -0.4 is 10.1 Å². The minimum atomic E-state index is -4.82. The number of phenolic OH excluding ortho intramolecular Hbond substituents is 2. The number of nitrogens with one attached hydrogen (secondary N) is 1. The number of rotatable bonds is 5. The number of benzene rings is 2. The van der Waals surface area contributed by atoms with Crippen molar-refractivity contribution in [3.8, 4) is 17.2 Å². The molecule has 2 aromatic rings. The van der Waals surface area contributed by atoms with Gasteiger partial charge in [0.15, 0.2) is 5.75 Å². The van der Waals surface area contributed by atoms with E-state index in [1.165, 1.54) is 18.2 Å². The number of nitro benzene ring substituents is 1. The quantitative estimate of drug-likeness (QED) is 0.393. The summed E-state index contributed by atoms with van der Waals surface area (Å²) in [4.78, 5) is 12.4. The van der Waals surface area contributed by atoms with Crippen molar-refractivity contribution in [3.05, 3.63) is 57.6 Å². The zero-order valence-electron chi connectivity index (χ0n) is 15.0. The normalized spacial score (nSPS) is 16.4. The lowest BCUT2D eigenvalue weighted by Crippen LogP contribution is -2.45. The first kappa shape index (κ1) is 20.7. The summed E-state index contributed by atoms with van der Waals surface area (Å²) in [5, 5.41) is 34.1. The Labute approximate surface area is 163 Å². The lowest BCUT2D eigenvalue weighted by atomic mass is 9.95. The summed E-state index contributed by atoms with van der Waals surface area (Å²) in [6, 6.07) is 6.98. The monoisotopic (exact) mass is 413 g/mol. The molecule has 2 aromatic carbocycles. The van der Waals surface area contributed by atoms with Crippen LogP contribution in [0.4, 0.5) is 18.9 Å². The molecule has 0 unspecified atom stereocenters. The van der Waals surface area contributed by atoms with E-state index < -0.39 is 34.5 Å². The maximum absolute atomic E-state index is 12.4. The molecule has 0 amide bonds. The van der Waals surface area contributed by atoms with Gasteiger partial charge in [-0.25, -0.2) is 0 Å². The molecular weight excluding hydrogens is 395 g/mol. The number of hydrogen-bond donors (Lipinski definition) is 3. The maximum Gasteiger partial charge on any atom is 0.573 e. The molecule has 0 radical (unpaired) electrons. The largest absolute Gasteiger partial charge is 0.573 e. The fraction of sp³-hybridized carbons (Fsp3) is 0.333. The van der Waals surface area contributed by atoms with Gasteiger partial charge in [-0.15, -0.1) is 13.2 Å². The van der Waals surface area contributed by atoms with Crippen LogP contribution in [0.5, 0.6) is 17.2 Å². The molecular formula is C18H18F3N3O5. The Balaban J connectivity index is 2.03. The fourth-order valence-corrected chi connectivity index (χ4v) is 3.33. The maximum atomic E-state index is 12.4. The SMILES string of the molecule is O=[N+]([O-])c1cc([C@H](c2ccc(OC(F)(F)F)cc2)N2CCNCC2)cc(O)c1O. The van der Waals surface area contributed by atoms with Crippen molar-refractivity contribution in [3.63, 3.8) is 0 Å². The summed E-state index contributed by atoms with van der Waals surface area (Å²) in [7, 11) is 0. The highest BCUT2D eigenvalue weighted by molar-refractivity contribution is 5.58. The van der Waals surface area contributed by atoms with Gasteiger partial charge in [-0.3, -0.25) is 15.0 Å². The van der Waals surface area contributed by atoms with Crippen LogP contribution in [-0.4, -0.2) is 52.6 Å². The Morgan fingerprint density at radius 1 is 1.10 bits per heavy atom. The zero-order valence-corrected chi connectivity index (χ0v) is 15.0. The third kappa shape index (κ3) is 4.87. The summed E-state index contributed by atoms with van der Waals surface area (Å²) < 4.78 is 41.1. The molecule has 1 atom stereocenters. The second-order valence-electron chi connectivity index (χ2n) is 6.47. The number of nitrogens with zero attached hydrogens (tertiary/aromatic N) is 2. The summed E-state index contributed by atoms with van der Waals surface area (Å²) in [5.41, 5.74) is 0.233. The van der Waals surface area contributed by atoms with E-state index in [1.54, 1.807) is 0 Å². The Bertz CT molecular complexity index is 884. The standard InChI is InChI=1S/C18H18F3N3O5/c19-18(20,21)29-13-3-1-11(2-4-13)16(23-7-5-22-6-8-23)12-9-14(24(27)28)17(26)15(25)10-12/h1-4,9-10,16,22,25-26H,5-8H2/t16-/m0/s1. The van der Waals surface area contributed by atoms with Gasteiger partial charge in [0, 0.05) is 32.2 Å². The van der Waals surface area contributed by atoms with Crippen LogP contribution in [0, 0.1) is 10.1 Å². The van der Waals surface area contributed by atoms with Crippen molar-refractivity contribution in [2.75, 3.05) is 26.2 Å². The minimum Gasteiger partial charge on any atom is -0.504 e. The molecule has 156 valence electrons. The molecule has 1 saturated heterocycles. The molecule has 0 aliphatic carbocycles. The lowest BCUT2D eigenvalue weighted by Gasteiger charge is -2.35. The summed E-state index contributed by atoms with van der Waals surface area (Å²) in [6.45, 7) is 2.44. The summed E-state index contributed by atoms with van der Waals surface area (Å²) in [6.07, 6.45) is -4.82. The van der Waals surface area contributed by atoms with Gasteiger partial charge in [0.2, 0.25) is 5.75 Å². The Kier molecular flexibility index (Phi) is 5.80. The van der Waals surface area contributed by atoms with Gasteiger partial charge < -0.3 is 20.3 Å². The van der Waals surface area contributed by atoms with Crippen LogP contribution in [0.15, 0.2) is 36.4 Å². The van der Waals surface area contributed by atoms with Gasteiger partial charge >= 0.3 is 12.0 Å². The van der Waals surface area contributed by atoms with E-state index in [4.69, 9.17) is 0 Å². The third-order valence-electron chi connectivity index (χ3n) is 4.55. The Morgan fingerprint density at radius 3 is 2.28 bits per heavy atom. The number of nitro groups is 1. The summed E-state index contributed by atoms with van der Waals surface area (Å²) >= 11 is 0. The van der Waals surface area contributed by atoms with Gasteiger partial charge in [0.25, 0.3) is 0 Å². The molecule has 3 N–H and O–H groups in total. The highest BCUT2D eigenvalue weighted by atomic mass is 19.4. The van der Waals surface area contributed by atoms with E-state index in [9.17, 15) is 33.5 Å². The third-order valence-corrected chi connectivity index (χ3v) is 4.55. The van der Waals surface area contributed by atoms with Crippen molar-refractivity contribution < 1.29 is 33.0 Å². The molecule has 0 saturated carbocycles. The molecule has 1 fully saturated rings. The minimum absolute atomic E-state index is 0.332. The first-order valence-electron chi connectivity index (χ1n) is 8.66. The van der Waals surface area contributed by atoms with E-state index in [-0.39, 0.29) is 5.75 Å². The molecule has 11 heteroatoms. The second kappa shape index (κ2) is 8.13. The number of piperazine rings is 1. The summed E-state index contributed by atoms with van der Waals surface area (Å²) in [5.74, 6) is -1.88. The smallest absolute Gasteiger partial charge is 0.504 e. The van der Waals surface area contributed by atoms with Crippen molar-refractivity contribution in [1.82, 2.24) is 10.2 Å². The van der Waals surface area contributed by atoms with Crippen LogP contribution >= 0.6 is 0 Å². The van der Waals surface area contributed by atoms with Crippen LogP contribution in [0.1, 0.15) is 17.2 Å². The number of alkyl halides is 3. The van der Waals surface area contributed by atoms with Gasteiger partial charge in [-0.05, 0) is 29.3 Å². The van der Waals surface area contributed by atoms with E-state index in [0.717, 1.165) is 18.2 Å². The van der Waals surface area contributed by atoms with Crippen molar-refractivity contribution >= 4 is 5.69 Å². The highest BCUT2D eigenvalue weighted by Gasteiger charge is 2.32. The molecule has 1 heterocycles. The van der Waals surface area contributed by atoms with E-state index >= 15 is 0 Å². The molecule has 8 nitrogen and oxygen atoms in total. The lowest BCUT2D eigenvalue weighted by molar-refractivity contribution is -0.386. The van der Waals surface area contributed by atoms with E-state index in [2.05, 4.69) is 10.1 Å². The first-order valence-corrected chi connectivity index (χ1v) is 8.66. The van der Waals surface area contributed by atoms with Crippen LogP contribution in [0.25, 0.3) is 0 Å². The number of aromatic hydroxyl groups is 2. The van der Waals surface area contributed by atoms with Crippen LogP contribution in [0.2, 0.25) is 0 Å². The predicted octanol–water partition coefficient (Wildman–Crippen LogP) is 2.90. The topological polar surface area (TPSA) is 108 Å². The second-order valence-corrected chi connectivity index (χ2v) is 6.47. The predicted molar refractivity (Wildman–Crippen MR) is 95.8 cm³/mol. The van der Waals surface area contributed by atoms with Crippen LogP contribution in [0.3, 0.4) is 0 Å². The molecule has 29 heavy (non-hydrogen) atoms. The van der Waals surface area contributed by atoms with Crippen molar-refractivity contribution in [1.29, 1.82) is 0 Å². The van der Waals surface area contributed by atoms with E-state index in [0.29, 0.717) is 37.3 Å². The molecule has 1 aliphatic heterocycles. The highest BCUT2D eigenvalue weighted by Crippen LogP contribution is 2.41. The van der Waals surface area contributed by atoms with Crippen molar-refractivity contribution in [2.45, 2.75) is 12.4 Å². The van der Waals surface area contributed by atoms with Gasteiger partial charge in [-0.2, -0.15) is 0 Å². The number of hydrogen-bond acceptors (Lipinski definition) is 7. The molecule has 0 bridgehead atoms. The number of halogens is 3. The van der Waals surface area contributed by atoms with Gasteiger partial charge in [0.05, 0.1) is 11.0 Å². The first-order chi connectivity index (χ1) is 13.7. The zero-order chi connectivity index (χ0) is 21.2. The average molecular weight is 413 g/mol. The molecule has 1 aliphatic rings. The molecule has 0 aromatic heterocycles. The molecule has 3 rings (SSSR count). The number of phenols is 2. The average Bonchev–Trinajstić information content (AvgIpc) is 2.65. The molecule has 0 spiro atoms. The Hall–Kier alpha value is -3.05. The Morgan fingerprint density at radius 2 is 1.72 bits per heavy atom. The van der Waals surface area contributed by atoms with E-state index in [1.807, 2.05) is 4.90 Å². The number of ether oxygens (including phenoxy) is 1. The van der Waals surface area contributed by atoms with Crippen LogP contribution in [-0.2, 0) is 0 Å².